The summed E-state index contributed by atoms with van der Waals surface area (Å²) >= 11 is 0. The van der Waals surface area contributed by atoms with E-state index in [9.17, 15) is 4.39 Å². The van der Waals surface area contributed by atoms with Crippen LogP contribution in [0.15, 0.2) is 24.3 Å². The highest BCUT2D eigenvalue weighted by atomic mass is 19.1. The third-order valence-corrected chi connectivity index (χ3v) is 3.62. The first-order chi connectivity index (χ1) is 8.67. The van der Waals surface area contributed by atoms with E-state index in [0.717, 1.165) is 32.5 Å². The molecule has 0 bridgehead atoms. The second-order valence-corrected chi connectivity index (χ2v) is 5.45. The van der Waals surface area contributed by atoms with Gasteiger partial charge in [-0.3, -0.25) is 0 Å². The van der Waals surface area contributed by atoms with Crippen molar-refractivity contribution in [1.29, 1.82) is 0 Å². The highest BCUT2D eigenvalue weighted by Gasteiger charge is 2.24. The van der Waals surface area contributed by atoms with Gasteiger partial charge < -0.3 is 10.6 Å². The number of nitrogens with zero attached hydrogens (tertiary/aromatic N) is 1. The summed E-state index contributed by atoms with van der Waals surface area (Å²) in [5, 5.41) is 0. The Bertz CT molecular complexity index is 363. The van der Waals surface area contributed by atoms with Crippen molar-refractivity contribution in [2.24, 2.45) is 11.7 Å². The van der Waals surface area contributed by atoms with E-state index in [1.54, 1.807) is 12.1 Å². The smallest absolute Gasteiger partial charge is 0.123 e. The molecule has 2 nitrogen and oxygen atoms in total. The molecule has 0 aliphatic carbocycles. The molecular formula is C15H23FN2. The Morgan fingerprint density at radius 1 is 1.28 bits per heavy atom. The standard InChI is InChI=1S/C15H23FN2/c1-2-7-18-10-13(9-15(17)11-18)8-12-3-5-14(16)6-4-12/h3-6,13,15H,2,7-11,17H2,1H3. The Kier molecular flexibility index (Phi) is 4.72. The van der Waals surface area contributed by atoms with Gasteiger partial charge in [-0.15, -0.1) is 0 Å². The first-order valence-corrected chi connectivity index (χ1v) is 6.89. The summed E-state index contributed by atoms with van der Waals surface area (Å²) in [6.45, 7) is 5.48. The van der Waals surface area contributed by atoms with E-state index in [-0.39, 0.29) is 11.9 Å². The topological polar surface area (TPSA) is 29.3 Å². The van der Waals surface area contributed by atoms with E-state index in [2.05, 4.69) is 11.8 Å². The second-order valence-electron chi connectivity index (χ2n) is 5.45. The lowest BCUT2D eigenvalue weighted by Crippen LogP contribution is -2.47. The summed E-state index contributed by atoms with van der Waals surface area (Å²) in [5.41, 5.74) is 7.34. The predicted octanol–water partition coefficient (Wildman–Crippen LogP) is 2.43. The largest absolute Gasteiger partial charge is 0.327 e. The highest BCUT2D eigenvalue weighted by Crippen LogP contribution is 2.20. The Morgan fingerprint density at radius 2 is 2.00 bits per heavy atom. The molecule has 1 heterocycles. The number of piperidine rings is 1. The van der Waals surface area contributed by atoms with E-state index in [1.807, 2.05) is 12.1 Å². The molecule has 18 heavy (non-hydrogen) atoms. The Labute approximate surface area is 109 Å². The van der Waals surface area contributed by atoms with Crippen molar-refractivity contribution < 1.29 is 4.39 Å². The molecule has 0 saturated carbocycles. The lowest BCUT2D eigenvalue weighted by atomic mass is 9.89. The lowest BCUT2D eigenvalue weighted by Gasteiger charge is -2.36. The lowest BCUT2D eigenvalue weighted by molar-refractivity contribution is 0.156. The van der Waals surface area contributed by atoms with Gasteiger partial charge in [-0.25, -0.2) is 4.39 Å². The van der Waals surface area contributed by atoms with Crippen LogP contribution in [0.25, 0.3) is 0 Å². The van der Waals surface area contributed by atoms with Crippen molar-refractivity contribution in [3.05, 3.63) is 35.6 Å². The molecule has 1 saturated heterocycles. The summed E-state index contributed by atoms with van der Waals surface area (Å²) in [5.74, 6) is 0.442. The van der Waals surface area contributed by atoms with Crippen LogP contribution >= 0.6 is 0 Å². The van der Waals surface area contributed by atoms with Crippen molar-refractivity contribution >= 4 is 0 Å². The van der Waals surface area contributed by atoms with Crippen LogP contribution < -0.4 is 5.73 Å². The van der Waals surface area contributed by atoms with Gasteiger partial charge in [0.1, 0.15) is 5.82 Å². The molecule has 2 atom stereocenters. The number of hydrogen-bond acceptors (Lipinski definition) is 2. The maximum absolute atomic E-state index is 12.9. The summed E-state index contributed by atoms with van der Waals surface area (Å²) in [7, 11) is 0. The SMILES string of the molecule is CCCN1CC(N)CC(Cc2ccc(F)cc2)C1. The molecule has 1 aromatic carbocycles. The minimum Gasteiger partial charge on any atom is -0.327 e. The summed E-state index contributed by atoms with van der Waals surface area (Å²) in [6.07, 6.45) is 3.27. The highest BCUT2D eigenvalue weighted by molar-refractivity contribution is 5.16. The first-order valence-electron chi connectivity index (χ1n) is 6.89. The molecule has 0 aromatic heterocycles. The van der Waals surface area contributed by atoms with Crippen molar-refractivity contribution in [2.45, 2.75) is 32.2 Å². The fourth-order valence-corrected chi connectivity index (χ4v) is 2.95. The minimum absolute atomic E-state index is 0.160. The molecule has 3 heteroatoms. The summed E-state index contributed by atoms with van der Waals surface area (Å²) in [6, 6.07) is 7.15. The Hall–Kier alpha value is -0.930. The number of nitrogens with two attached hydrogens (primary N) is 1. The average molecular weight is 250 g/mol. The van der Waals surface area contributed by atoms with Crippen LogP contribution in [0.3, 0.4) is 0 Å². The monoisotopic (exact) mass is 250 g/mol. The fraction of sp³-hybridized carbons (Fsp3) is 0.600. The van der Waals surface area contributed by atoms with Gasteiger partial charge in [0.2, 0.25) is 0 Å². The van der Waals surface area contributed by atoms with Gasteiger partial charge in [0.25, 0.3) is 0 Å². The molecule has 0 spiro atoms. The number of rotatable bonds is 4. The number of benzene rings is 1. The molecule has 2 unspecified atom stereocenters. The van der Waals surface area contributed by atoms with Crippen LogP contribution in [0.2, 0.25) is 0 Å². The van der Waals surface area contributed by atoms with Crippen LogP contribution in [0.1, 0.15) is 25.3 Å². The number of halogens is 1. The molecule has 1 aliphatic rings. The van der Waals surface area contributed by atoms with E-state index < -0.39 is 0 Å². The number of likely N-dealkylation sites (tertiary alicyclic amines) is 1. The molecule has 1 aromatic rings. The van der Waals surface area contributed by atoms with Gasteiger partial charge >= 0.3 is 0 Å². The van der Waals surface area contributed by atoms with Gasteiger partial charge in [0.05, 0.1) is 0 Å². The minimum atomic E-state index is -0.160. The summed E-state index contributed by atoms with van der Waals surface area (Å²) in [4.78, 5) is 2.46. The molecule has 1 fully saturated rings. The maximum Gasteiger partial charge on any atom is 0.123 e. The van der Waals surface area contributed by atoms with Crippen LogP contribution in [-0.2, 0) is 6.42 Å². The average Bonchev–Trinajstić information content (AvgIpc) is 2.32. The van der Waals surface area contributed by atoms with Crippen molar-refractivity contribution in [3.8, 4) is 0 Å². The van der Waals surface area contributed by atoms with Crippen LogP contribution in [0.4, 0.5) is 4.39 Å². The van der Waals surface area contributed by atoms with E-state index >= 15 is 0 Å². The van der Waals surface area contributed by atoms with Crippen molar-refractivity contribution in [3.63, 3.8) is 0 Å². The molecule has 2 N–H and O–H groups in total. The van der Waals surface area contributed by atoms with E-state index in [0.29, 0.717) is 5.92 Å². The molecule has 2 rings (SSSR count). The van der Waals surface area contributed by atoms with Crippen LogP contribution in [0, 0.1) is 11.7 Å². The van der Waals surface area contributed by atoms with Gasteiger partial charge in [0.15, 0.2) is 0 Å². The molecular weight excluding hydrogens is 227 g/mol. The molecule has 0 amide bonds. The quantitative estimate of drug-likeness (QED) is 0.889. The zero-order chi connectivity index (χ0) is 13.0. The van der Waals surface area contributed by atoms with Gasteiger partial charge in [0, 0.05) is 19.1 Å². The molecule has 1 aliphatic heterocycles. The molecule has 100 valence electrons. The van der Waals surface area contributed by atoms with Crippen LogP contribution in [0.5, 0.6) is 0 Å². The maximum atomic E-state index is 12.9. The zero-order valence-electron chi connectivity index (χ0n) is 11.1. The predicted molar refractivity (Wildman–Crippen MR) is 72.9 cm³/mol. The molecule has 0 radical (unpaired) electrons. The normalized spacial score (nSPS) is 25.3. The third kappa shape index (κ3) is 3.79. The second kappa shape index (κ2) is 6.30. The van der Waals surface area contributed by atoms with Gasteiger partial charge in [-0.05, 0) is 49.4 Å². The third-order valence-electron chi connectivity index (χ3n) is 3.62. The van der Waals surface area contributed by atoms with Gasteiger partial charge in [-0.2, -0.15) is 0 Å². The van der Waals surface area contributed by atoms with Crippen molar-refractivity contribution in [1.82, 2.24) is 4.90 Å². The number of hydrogen-bond donors (Lipinski definition) is 1. The zero-order valence-corrected chi connectivity index (χ0v) is 11.1. The Morgan fingerprint density at radius 3 is 2.67 bits per heavy atom. The van der Waals surface area contributed by atoms with Crippen molar-refractivity contribution in [2.75, 3.05) is 19.6 Å². The van der Waals surface area contributed by atoms with Gasteiger partial charge in [-0.1, -0.05) is 19.1 Å². The fourth-order valence-electron chi connectivity index (χ4n) is 2.95. The Balaban J connectivity index is 1.93. The van der Waals surface area contributed by atoms with E-state index in [1.165, 1.54) is 12.0 Å². The summed E-state index contributed by atoms with van der Waals surface area (Å²) < 4.78 is 12.9. The van der Waals surface area contributed by atoms with Crippen LogP contribution in [-0.4, -0.2) is 30.6 Å². The van der Waals surface area contributed by atoms with E-state index in [4.69, 9.17) is 5.73 Å². The first kappa shape index (κ1) is 13.5.